The van der Waals surface area contributed by atoms with Gasteiger partial charge in [0.05, 0.1) is 17.3 Å². The number of amides is 3. The first-order valence-corrected chi connectivity index (χ1v) is 9.41. The van der Waals surface area contributed by atoms with E-state index in [-0.39, 0.29) is 18.8 Å². The Labute approximate surface area is 176 Å². The van der Waals surface area contributed by atoms with E-state index in [1.807, 2.05) is 0 Å². The molecule has 0 saturated heterocycles. The van der Waals surface area contributed by atoms with Crippen LogP contribution in [0.2, 0.25) is 0 Å². The fourth-order valence-electron chi connectivity index (χ4n) is 3.15. The van der Waals surface area contributed by atoms with Crippen LogP contribution in [0.3, 0.4) is 0 Å². The lowest BCUT2D eigenvalue weighted by molar-refractivity contribution is -0.274. The smallest absolute Gasteiger partial charge is 0.406 e. The van der Waals surface area contributed by atoms with Gasteiger partial charge in [0.2, 0.25) is 5.91 Å². The second-order valence-corrected chi connectivity index (χ2v) is 7.22. The molecule has 2 unspecified atom stereocenters. The Morgan fingerprint density at radius 1 is 1.32 bits per heavy atom. The number of aliphatic hydroxyl groups is 1. The van der Waals surface area contributed by atoms with E-state index in [1.165, 1.54) is 25.3 Å². The Bertz CT molecular complexity index is 964. The first-order chi connectivity index (χ1) is 14.5. The van der Waals surface area contributed by atoms with Crippen LogP contribution in [0.25, 0.3) is 0 Å². The molecule has 2 heterocycles. The molecule has 8 nitrogen and oxygen atoms in total. The highest BCUT2D eigenvalue weighted by atomic mass is 19.4. The Balaban J connectivity index is 1.87. The molecule has 3 rings (SSSR count). The summed E-state index contributed by atoms with van der Waals surface area (Å²) >= 11 is 0. The van der Waals surface area contributed by atoms with Gasteiger partial charge in [0.1, 0.15) is 12.3 Å². The third-order valence-electron chi connectivity index (χ3n) is 4.92. The van der Waals surface area contributed by atoms with E-state index >= 15 is 0 Å². The van der Waals surface area contributed by atoms with Crippen molar-refractivity contribution in [2.24, 2.45) is 0 Å². The van der Waals surface area contributed by atoms with Crippen molar-refractivity contribution >= 4 is 23.4 Å². The molecular weight excluding hydrogens is 417 g/mol. The van der Waals surface area contributed by atoms with Crippen molar-refractivity contribution in [3.8, 4) is 5.75 Å². The number of anilines is 2. The van der Waals surface area contributed by atoms with Gasteiger partial charge in [-0.25, -0.2) is 9.78 Å². The molecule has 2 aromatic rings. The second kappa shape index (κ2) is 8.42. The number of fused-ring (bicyclic) bond motifs is 1. The van der Waals surface area contributed by atoms with Crippen molar-refractivity contribution in [1.82, 2.24) is 10.3 Å². The highest BCUT2D eigenvalue weighted by molar-refractivity contribution is 6.08. The number of ether oxygens (including phenoxy) is 1. The first kappa shape index (κ1) is 22.3. The summed E-state index contributed by atoms with van der Waals surface area (Å²) in [6.45, 7) is 2.91. The number of rotatable bonds is 5. The van der Waals surface area contributed by atoms with Crippen molar-refractivity contribution in [2.45, 2.75) is 38.3 Å². The van der Waals surface area contributed by atoms with Gasteiger partial charge in [-0.05, 0) is 43.2 Å². The molecule has 0 spiro atoms. The number of carbonyl (C=O) groups excluding carboxylic acids is 2. The van der Waals surface area contributed by atoms with Crippen molar-refractivity contribution < 1.29 is 32.6 Å². The summed E-state index contributed by atoms with van der Waals surface area (Å²) in [6.07, 6.45) is -3.14. The fraction of sp³-hybridized carbons (Fsp3) is 0.350. The molecule has 0 aliphatic carbocycles. The number of carbonyl (C=O) groups is 2. The molecular formula is C20H21F3N4O4. The summed E-state index contributed by atoms with van der Waals surface area (Å²) < 4.78 is 41.1. The van der Waals surface area contributed by atoms with Crippen LogP contribution in [0.4, 0.5) is 29.5 Å². The Morgan fingerprint density at radius 2 is 2.00 bits per heavy atom. The van der Waals surface area contributed by atoms with Gasteiger partial charge < -0.3 is 20.5 Å². The van der Waals surface area contributed by atoms with Crippen LogP contribution in [0.5, 0.6) is 5.75 Å². The van der Waals surface area contributed by atoms with Gasteiger partial charge in [0.25, 0.3) is 0 Å². The fourth-order valence-corrected chi connectivity index (χ4v) is 3.15. The maximum Gasteiger partial charge on any atom is 0.573 e. The molecule has 2 atom stereocenters. The van der Waals surface area contributed by atoms with E-state index in [4.69, 9.17) is 0 Å². The van der Waals surface area contributed by atoms with E-state index in [0.717, 1.165) is 17.0 Å². The molecule has 1 aromatic carbocycles. The number of benzene rings is 1. The number of alkyl halides is 3. The number of urea groups is 1. The summed E-state index contributed by atoms with van der Waals surface area (Å²) in [6, 6.07) is 6.37. The minimum absolute atomic E-state index is 0.230. The topological polar surface area (TPSA) is 104 Å². The first-order valence-electron chi connectivity index (χ1n) is 9.41. The maximum atomic E-state index is 13.0. The highest BCUT2D eigenvalue weighted by Gasteiger charge is 2.37. The Morgan fingerprint density at radius 3 is 2.61 bits per heavy atom. The van der Waals surface area contributed by atoms with Crippen LogP contribution in [0.15, 0.2) is 42.6 Å². The molecule has 3 N–H and O–H groups in total. The zero-order chi connectivity index (χ0) is 22.8. The van der Waals surface area contributed by atoms with Crippen LogP contribution in [-0.2, 0) is 4.79 Å². The summed E-state index contributed by atoms with van der Waals surface area (Å²) in [5, 5.41) is 16.1. The minimum atomic E-state index is -4.83. The number of pyridine rings is 1. The molecule has 0 saturated carbocycles. The molecule has 3 amide bonds. The second-order valence-electron chi connectivity index (χ2n) is 7.22. The molecule has 31 heavy (non-hydrogen) atoms. The van der Waals surface area contributed by atoms with Crippen LogP contribution < -0.4 is 20.3 Å². The molecule has 11 heteroatoms. The highest BCUT2D eigenvalue weighted by Crippen LogP contribution is 2.32. The quantitative estimate of drug-likeness (QED) is 0.664. The minimum Gasteiger partial charge on any atom is -0.406 e. The van der Waals surface area contributed by atoms with Crippen LogP contribution in [-0.4, -0.2) is 40.5 Å². The van der Waals surface area contributed by atoms with Crippen molar-refractivity contribution in [3.63, 3.8) is 0 Å². The summed E-state index contributed by atoms with van der Waals surface area (Å²) in [5.41, 5.74) is -0.716. The SMILES string of the molecule is CCC(C)(O)C(NC(=O)N1CC(=O)Nc2cccnc21)c1ccc(OC(F)(F)F)cc1. The van der Waals surface area contributed by atoms with Gasteiger partial charge in [-0.15, -0.1) is 13.2 Å². The Kier molecular flexibility index (Phi) is 6.07. The number of nitrogens with one attached hydrogen (secondary N) is 2. The van der Waals surface area contributed by atoms with Gasteiger partial charge in [0.15, 0.2) is 5.82 Å². The zero-order valence-electron chi connectivity index (χ0n) is 16.7. The van der Waals surface area contributed by atoms with Gasteiger partial charge in [0, 0.05) is 6.20 Å². The van der Waals surface area contributed by atoms with E-state index in [9.17, 15) is 27.9 Å². The average Bonchev–Trinajstić information content (AvgIpc) is 2.70. The van der Waals surface area contributed by atoms with E-state index in [0.29, 0.717) is 11.3 Å². The monoisotopic (exact) mass is 438 g/mol. The molecule has 1 aliphatic rings. The van der Waals surface area contributed by atoms with E-state index < -0.39 is 35.7 Å². The van der Waals surface area contributed by atoms with E-state index in [2.05, 4.69) is 20.4 Å². The van der Waals surface area contributed by atoms with Gasteiger partial charge >= 0.3 is 12.4 Å². The van der Waals surface area contributed by atoms with Gasteiger partial charge in [-0.1, -0.05) is 19.1 Å². The van der Waals surface area contributed by atoms with Crippen molar-refractivity contribution in [1.29, 1.82) is 0 Å². The third kappa shape index (κ3) is 5.23. The van der Waals surface area contributed by atoms with Crippen LogP contribution in [0.1, 0.15) is 31.9 Å². The molecule has 166 valence electrons. The average molecular weight is 438 g/mol. The van der Waals surface area contributed by atoms with Gasteiger partial charge in [-0.3, -0.25) is 9.69 Å². The summed E-state index contributed by atoms with van der Waals surface area (Å²) in [5.74, 6) is -0.602. The number of hydrogen-bond donors (Lipinski definition) is 3. The number of nitrogens with zero attached hydrogens (tertiary/aromatic N) is 2. The third-order valence-corrected chi connectivity index (χ3v) is 4.92. The van der Waals surface area contributed by atoms with Gasteiger partial charge in [-0.2, -0.15) is 0 Å². The molecule has 1 aliphatic heterocycles. The maximum absolute atomic E-state index is 13.0. The number of halogens is 3. The predicted octanol–water partition coefficient (Wildman–Crippen LogP) is 3.35. The van der Waals surface area contributed by atoms with Crippen LogP contribution >= 0.6 is 0 Å². The number of hydrogen-bond acceptors (Lipinski definition) is 5. The molecule has 0 bridgehead atoms. The number of aromatic nitrogens is 1. The largest absolute Gasteiger partial charge is 0.573 e. The molecule has 1 aromatic heterocycles. The van der Waals surface area contributed by atoms with Crippen molar-refractivity contribution in [3.05, 3.63) is 48.2 Å². The lowest BCUT2D eigenvalue weighted by Crippen LogP contribution is -2.52. The van der Waals surface area contributed by atoms with Crippen LogP contribution in [0, 0.1) is 0 Å². The zero-order valence-corrected chi connectivity index (χ0v) is 16.7. The summed E-state index contributed by atoms with van der Waals surface area (Å²) in [7, 11) is 0. The van der Waals surface area contributed by atoms with Crippen molar-refractivity contribution in [2.75, 3.05) is 16.8 Å². The van der Waals surface area contributed by atoms with E-state index in [1.54, 1.807) is 19.1 Å². The molecule has 0 fully saturated rings. The Hall–Kier alpha value is -3.34. The normalized spacial score (nSPS) is 16.6. The lowest BCUT2D eigenvalue weighted by Gasteiger charge is -2.36. The molecule has 0 radical (unpaired) electrons. The predicted molar refractivity (Wildman–Crippen MR) is 106 cm³/mol. The standard InChI is InChI=1S/C20H21F3N4O4/c1-3-19(2,30)16(12-6-8-13(9-7-12)31-20(21,22)23)26-18(29)27-11-15(28)25-14-5-4-10-24-17(14)27/h4-10,16,30H,3,11H2,1-2H3,(H,25,28)(H,26,29). The summed E-state index contributed by atoms with van der Waals surface area (Å²) in [4.78, 5) is 30.3. The lowest BCUT2D eigenvalue weighted by atomic mass is 9.88.